The zero-order valence-electron chi connectivity index (χ0n) is 22.2. The number of hydrogen-bond donors (Lipinski definition) is 0. The molecule has 0 aliphatic carbocycles. The summed E-state index contributed by atoms with van der Waals surface area (Å²) in [5.41, 5.74) is -0.545. The molecule has 1 aliphatic rings. The van der Waals surface area contributed by atoms with Crippen molar-refractivity contribution in [1.82, 2.24) is 0 Å². The van der Waals surface area contributed by atoms with E-state index in [1.54, 1.807) is 32.9 Å². The highest BCUT2D eigenvalue weighted by atomic mass is 35.5. The van der Waals surface area contributed by atoms with Crippen molar-refractivity contribution in [2.45, 2.75) is 77.0 Å². The van der Waals surface area contributed by atoms with Gasteiger partial charge in [0.05, 0.1) is 10.6 Å². The first-order valence-electron chi connectivity index (χ1n) is 12.2. The van der Waals surface area contributed by atoms with E-state index in [0.717, 1.165) is 0 Å². The minimum atomic E-state index is -3.91. The molecule has 1 fully saturated rings. The van der Waals surface area contributed by atoms with Gasteiger partial charge in [-0.15, -0.1) is 0 Å². The first-order valence-corrected chi connectivity index (χ1v) is 14.1. The van der Waals surface area contributed by atoms with E-state index in [1.807, 2.05) is 27.7 Å². The van der Waals surface area contributed by atoms with E-state index in [-0.39, 0.29) is 54.0 Å². The molecule has 1 saturated heterocycles. The third-order valence-corrected chi connectivity index (χ3v) is 9.99. The highest BCUT2D eigenvalue weighted by Gasteiger charge is 2.48. The van der Waals surface area contributed by atoms with Crippen LogP contribution in [0.15, 0.2) is 47.4 Å². The second-order valence-corrected chi connectivity index (χ2v) is 14.4. The molecule has 36 heavy (non-hydrogen) atoms. The molecule has 2 aromatic rings. The average Bonchev–Trinajstić information content (AvgIpc) is 2.79. The van der Waals surface area contributed by atoms with Crippen molar-refractivity contribution in [1.29, 1.82) is 0 Å². The smallest absolute Gasteiger partial charge is 0.232 e. The number of hydrogen-bond acceptors (Lipinski definition) is 4. The fourth-order valence-corrected chi connectivity index (χ4v) is 6.69. The SMILES string of the molecule is C[C@H](N(C(=O)C(C)(C)C)c1ccc(C2(S(=O)(=O)c3ccc(Cl)cc3)CCOCC2)cc1F)C(C)(C)C. The molecule has 5 nitrogen and oxygen atoms in total. The fraction of sp³-hybridized carbons (Fsp3) is 0.536. The minimum Gasteiger partial charge on any atom is -0.381 e. The van der Waals surface area contributed by atoms with Crippen molar-refractivity contribution >= 4 is 33.0 Å². The lowest BCUT2D eigenvalue weighted by molar-refractivity contribution is -0.126. The number of carbonyl (C=O) groups is 1. The van der Waals surface area contributed by atoms with Crippen LogP contribution in [0.1, 0.15) is 66.9 Å². The Balaban J connectivity index is 2.17. The molecule has 0 unspecified atom stereocenters. The molecule has 3 rings (SSSR count). The molecule has 0 saturated carbocycles. The first-order chi connectivity index (χ1) is 16.5. The Hall–Kier alpha value is -1.96. The van der Waals surface area contributed by atoms with Gasteiger partial charge in [-0.3, -0.25) is 4.79 Å². The Labute approximate surface area is 219 Å². The van der Waals surface area contributed by atoms with Gasteiger partial charge >= 0.3 is 0 Å². The summed E-state index contributed by atoms with van der Waals surface area (Å²) < 4.78 is 48.0. The zero-order valence-corrected chi connectivity index (χ0v) is 23.8. The quantitative estimate of drug-likeness (QED) is 0.422. The number of rotatable bonds is 5. The Bertz CT molecular complexity index is 1210. The van der Waals surface area contributed by atoms with Crippen LogP contribution >= 0.6 is 11.6 Å². The van der Waals surface area contributed by atoms with E-state index in [4.69, 9.17) is 16.3 Å². The number of ether oxygens (including phenoxy) is 1. The Morgan fingerprint density at radius 1 is 1.03 bits per heavy atom. The van der Waals surface area contributed by atoms with Crippen LogP contribution in [-0.2, 0) is 24.1 Å². The van der Waals surface area contributed by atoms with Gasteiger partial charge in [-0.2, -0.15) is 0 Å². The lowest BCUT2D eigenvalue weighted by Gasteiger charge is -2.41. The lowest BCUT2D eigenvalue weighted by atomic mass is 9.84. The number of anilines is 1. The maximum atomic E-state index is 15.9. The Morgan fingerprint density at radius 3 is 2.06 bits per heavy atom. The second kappa shape index (κ2) is 10.1. The molecule has 1 atom stereocenters. The number of sulfone groups is 1. The van der Waals surface area contributed by atoms with Crippen molar-refractivity contribution in [2.24, 2.45) is 10.8 Å². The van der Waals surface area contributed by atoms with Gasteiger partial charge in [0.25, 0.3) is 0 Å². The third-order valence-electron chi connectivity index (χ3n) is 7.17. The molecule has 0 bridgehead atoms. The van der Waals surface area contributed by atoms with Crippen LogP contribution in [0.25, 0.3) is 0 Å². The third kappa shape index (κ3) is 5.34. The van der Waals surface area contributed by atoms with Crippen molar-refractivity contribution in [3.63, 3.8) is 0 Å². The maximum absolute atomic E-state index is 15.9. The Morgan fingerprint density at radius 2 is 1.58 bits per heavy atom. The zero-order chi connectivity index (χ0) is 27.1. The summed E-state index contributed by atoms with van der Waals surface area (Å²) in [5.74, 6) is -0.829. The monoisotopic (exact) mass is 537 g/mol. The molecule has 0 aromatic heterocycles. The van der Waals surface area contributed by atoms with Gasteiger partial charge in [0.15, 0.2) is 9.84 Å². The number of benzene rings is 2. The molecule has 8 heteroatoms. The van der Waals surface area contributed by atoms with Crippen LogP contribution in [0, 0.1) is 16.6 Å². The molecule has 2 aromatic carbocycles. The number of amides is 1. The molecular weight excluding hydrogens is 501 g/mol. The van der Waals surface area contributed by atoms with Gasteiger partial charge < -0.3 is 9.64 Å². The molecular formula is C28H37ClFNO4S. The van der Waals surface area contributed by atoms with Crippen LogP contribution in [0.2, 0.25) is 5.02 Å². The molecule has 1 heterocycles. The lowest BCUT2D eigenvalue weighted by Crippen LogP contribution is -2.50. The first kappa shape index (κ1) is 28.6. The molecule has 0 N–H and O–H groups in total. The number of halogens is 2. The van der Waals surface area contributed by atoms with E-state index >= 15 is 4.39 Å². The van der Waals surface area contributed by atoms with Crippen molar-refractivity contribution in [3.8, 4) is 0 Å². The fourth-order valence-electron chi connectivity index (χ4n) is 4.48. The van der Waals surface area contributed by atoms with E-state index in [0.29, 0.717) is 10.6 Å². The summed E-state index contributed by atoms with van der Waals surface area (Å²) in [6.45, 7) is 13.8. The largest absolute Gasteiger partial charge is 0.381 e. The predicted molar refractivity (Wildman–Crippen MR) is 143 cm³/mol. The van der Waals surface area contributed by atoms with Crippen LogP contribution in [0.3, 0.4) is 0 Å². The van der Waals surface area contributed by atoms with Crippen molar-refractivity contribution in [2.75, 3.05) is 18.1 Å². The van der Waals surface area contributed by atoms with E-state index < -0.39 is 25.8 Å². The van der Waals surface area contributed by atoms with Crippen molar-refractivity contribution in [3.05, 3.63) is 58.9 Å². The summed E-state index contributed by atoms with van der Waals surface area (Å²) in [7, 11) is -3.91. The molecule has 1 amide bonds. The number of carbonyl (C=O) groups excluding carboxylic acids is 1. The van der Waals surface area contributed by atoms with Gasteiger partial charge in [0.2, 0.25) is 5.91 Å². The van der Waals surface area contributed by atoms with Crippen LogP contribution in [-0.4, -0.2) is 33.6 Å². The van der Waals surface area contributed by atoms with E-state index in [1.165, 1.54) is 35.2 Å². The molecule has 0 radical (unpaired) electrons. The summed E-state index contributed by atoms with van der Waals surface area (Å²) in [5, 5.41) is 0.432. The average molecular weight is 538 g/mol. The summed E-state index contributed by atoms with van der Waals surface area (Å²) in [6.07, 6.45) is 0.388. The van der Waals surface area contributed by atoms with Crippen LogP contribution in [0.5, 0.6) is 0 Å². The molecule has 198 valence electrons. The normalized spacial score (nSPS) is 17.5. The standard InChI is InChI=1S/C28H37ClFNO4S/c1-19(26(2,3)4)31(25(32)27(5,6)7)24-13-8-20(18-23(24)30)28(14-16-35-17-15-28)36(33,34)22-11-9-21(29)10-12-22/h8-13,18-19H,14-17H2,1-7H3/t19-/m0/s1. The highest BCUT2D eigenvalue weighted by Crippen LogP contribution is 2.45. The Kier molecular flexibility index (Phi) is 8.00. The molecule has 1 aliphatic heterocycles. The van der Waals surface area contributed by atoms with E-state index in [9.17, 15) is 13.2 Å². The second-order valence-electron chi connectivity index (χ2n) is 11.7. The maximum Gasteiger partial charge on any atom is 0.232 e. The van der Waals surface area contributed by atoms with Crippen LogP contribution < -0.4 is 4.90 Å². The summed E-state index contributed by atoms with van der Waals surface area (Å²) >= 11 is 5.99. The van der Waals surface area contributed by atoms with Gasteiger partial charge in [-0.05, 0) is 67.1 Å². The van der Waals surface area contributed by atoms with Gasteiger partial charge in [-0.25, -0.2) is 12.8 Å². The number of nitrogens with zero attached hydrogens (tertiary/aromatic N) is 1. The van der Waals surface area contributed by atoms with Gasteiger partial charge in [-0.1, -0.05) is 59.2 Å². The van der Waals surface area contributed by atoms with Crippen molar-refractivity contribution < 1.29 is 22.3 Å². The topological polar surface area (TPSA) is 63.7 Å². The van der Waals surface area contributed by atoms with Gasteiger partial charge in [0.1, 0.15) is 10.6 Å². The predicted octanol–water partition coefficient (Wildman–Crippen LogP) is 6.77. The minimum absolute atomic E-state index is 0.129. The van der Waals surface area contributed by atoms with Crippen LogP contribution in [0.4, 0.5) is 10.1 Å². The molecule has 0 spiro atoms. The van der Waals surface area contributed by atoms with E-state index in [2.05, 4.69) is 0 Å². The highest BCUT2D eigenvalue weighted by molar-refractivity contribution is 7.92. The van der Waals surface area contributed by atoms with Gasteiger partial charge in [0, 0.05) is 29.7 Å². The summed E-state index contributed by atoms with van der Waals surface area (Å²) in [4.78, 5) is 15.1. The summed E-state index contributed by atoms with van der Waals surface area (Å²) in [6, 6.07) is 10.2.